The fourth-order valence-electron chi connectivity index (χ4n) is 5.91. The summed E-state index contributed by atoms with van der Waals surface area (Å²) in [5, 5.41) is 24.6. The lowest BCUT2D eigenvalue weighted by Crippen LogP contribution is -2.35. The fourth-order valence-corrected chi connectivity index (χ4v) is 6.57. The molecule has 4 heterocycles. The Hall–Kier alpha value is -4.26. The number of fused-ring (bicyclic) bond motifs is 1. The quantitative estimate of drug-likeness (QED) is 0.150. The van der Waals surface area contributed by atoms with Gasteiger partial charge in [-0.3, -0.25) is 14.2 Å². The van der Waals surface area contributed by atoms with Gasteiger partial charge in [-0.2, -0.15) is 5.10 Å². The van der Waals surface area contributed by atoms with Crippen LogP contribution in [0.3, 0.4) is 0 Å². The van der Waals surface area contributed by atoms with Crippen LogP contribution in [0.2, 0.25) is 10.0 Å². The fraction of sp³-hybridized carbons (Fsp3) is 0.314. The number of halogens is 2. The van der Waals surface area contributed by atoms with E-state index < -0.39 is 6.10 Å². The monoisotopic (exact) mass is 689 g/mol. The molecule has 1 aliphatic heterocycles. The molecule has 2 atom stereocenters. The molecule has 0 saturated carbocycles. The number of ether oxygens (including phenoxy) is 1. The van der Waals surface area contributed by atoms with Crippen molar-refractivity contribution in [3.8, 4) is 39.4 Å². The van der Waals surface area contributed by atoms with Gasteiger partial charge < -0.3 is 25.8 Å². The number of pyridine rings is 1. The van der Waals surface area contributed by atoms with Crippen molar-refractivity contribution < 1.29 is 14.6 Å². The van der Waals surface area contributed by atoms with Crippen molar-refractivity contribution in [3.63, 3.8) is 0 Å². The van der Waals surface area contributed by atoms with Gasteiger partial charge in [0.25, 0.3) is 5.56 Å². The zero-order valence-corrected chi connectivity index (χ0v) is 28.4. The third kappa shape index (κ3) is 6.96. The molecular formula is C35H37Cl2N7O4. The zero-order valence-electron chi connectivity index (χ0n) is 26.9. The molecule has 6 rings (SSSR count). The van der Waals surface area contributed by atoms with Gasteiger partial charge in [0, 0.05) is 78.7 Å². The van der Waals surface area contributed by atoms with E-state index in [9.17, 15) is 14.7 Å². The maximum Gasteiger partial charge on any atom is 0.277 e. The summed E-state index contributed by atoms with van der Waals surface area (Å²) < 4.78 is 8.70. The molecule has 1 saturated heterocycles. The number of carbonyl (C=O) groups is 1. The summed E-state index contributed by atoms with van der Waals surface area (Å²) in [6, 6.07) is 17.2. The van der Waals surface area contributed by atoms with E-state index >= 15 is 0 Å². The Balaban J connectivity index is 1.28. The van der Waals surface area contributed by atoms with Gasteiger partial charge in [-0.25, -0.2) is 9.50 Å². The summed E-state index contributed by atoms with van der Waals surface area (Å²) in [6.07, 6.45) is 2.66. The lowest BCUT2D eigenvalue weighted by Gasteiger charge is -2.15. The molecule has 1 fully saturated rings. The van der Waals surface area contributed by atoms with Crippen LogP contribution in [0.25, 0.3) is 39.0 Å². The number of aliphatic hydroxyl groups excluding tert-OH is 1. The number of aromatic nitrogens is 4. The third-order valence-electron chi connectivity index (χ3n) is 8.46. The van der Waals surface area contributed by atoms with Gasteiger partial charge in [0.05, 0.1) is 35.5 Å². The minimum absolute atomic E-state index is 0.0911. The second-order valence-corrected chi connectivity index (χ2v) is 12.7. The minimum atomic E-state index is -0.515. The maximum atomic E-state index is 13.2. The Morgan fingerprint density at radius 3 is 2.42 bits per heavy atom. The van der Waals surface area contributed by atoms with Crippen molar-refractivity contribution in [2.45, 2.75) is 45.0 Å². The van der Waals surface area contributed by atoms with E-state index in [1.807, 2.05) is 48.5 Å². The number of nitrogens with one attached hydrogen (secondary N) is 3. The van der Waals surface area contributed by atoms with Crippen molar-refractivity contribution in [1.29, 1.82) is 0 Å². The van der Waals surface area contributed by atoms with Gasteiger partial charge >= 0.3 is 0 Å². The van der Waals surface area contributed by atoms with Crippen LogP contribution in [0.15, 0.2) is 65.6 Å². The minimum Gasteiger partial charge on any atom is -0.481 e. The number of methoxy groups -OCH3 is 1. The van der Waals surface area contributed by atoms with Gasteiger partial charge in [-0.1, -0.05) is 65.7 Å². The highest BCUT2D eigenvalue weighted by atomic mass is 35.5. The van der Waals surface area contributed by atoms with E-state index in [-0.39, 0.29) is 17.5 Å². The van der Waals surface area contributed by atoms with E-state index in [0.29, 0.717) is 65.6 Å². The molecule has 3 aromatic heterocycles. The molecular weight excluding hydrogens is 653 g/mol. The van der Waals surface area contributed by atoms with Crippen molar-refractivity contribution >= 4 is 34.6 Å². The summed E-state index contributed by atoms with van der Waals surface area (Å²) in [7, 11) is 3.26. The van der Waals surface area contributed by atoms with E-state index in [1.165, 1.54) is 4.57 Å². The first-order valence-electron chi connectivity index (χ1n) is 15.7. The predicted octanol–water partition coefficient (Wildman–Crippen LogP) is 4.58. The Morgan fingerprint density at radius 1 is 1.02 bits per heavy atom. The molecule has 13 heteroatoms. The van der Waals surface area contributed by atoms with Crippen LogP contribution in [-0.2, 0) is 24.9 Å². The second-order valence-electron chi connectivity index (χ2n) is 12.0. The molecule has 1 amide bonds. The number of benzene rings is 2. The smallest absolute Gasteiger partial charge is 0.277 e. The van der Waals surface area contributed by atoms with Crippen LogP contribution in [0, 0.1) is 0 Å². The molecule has 0 aliphatic carbocycles. The second kappa shape index (κ2) is 14.5. The first-order valence-corrected chi connectivity index (χ1v) is 16.5. The molecule has 1 aliphatic rings. The maximum absolute atomic E-state index is 13.2. The number of nitrogens with zero attached hydrogens (tertiary/aromatic N) is 4. The number of hydrogen-bond acceptors (Lipinski definition) is 8. The van der Waals surface area contributed by atoms with Crippen LogP contribution in [0.5, 0.6) is 5.88 Å². The largest absolute Gasteiger partial charge is 0.481 e. The highest BCUT2D eigenvalue weighted by Gasteiger charge is 2.21. The van der Waals surface area contributed by atoms with Crippen molar-refractivity contribution in [1.82, 2.24) is 35.1 Å². The molecule has 48 heavy (non-hydrogen) atoms. The molecule has 11 nitrogen and oxygen atoms in total. The molecule has 0 radical (unpaired) electrons. The normalized spacial score (nSPS) is 15.2. The molecule has 0 spiro atoms. The molecule has 2 aromatic carbocycles. The average Bonchev–Trinajstić information content (AvgIpc) is 3.69. The molecule has 4 N–H and O–H groups in total. The summed E-state index contributed by atoms with van der Waals surface area (Å²) in [6.45, 7) is 3.60. The highest BCUT2D eigenvalue weighted by Crippen LogP contribution is 2.42. The van der Waals surface area contributed by atoms with Crippen LogP contribution in [0.1, 0.15) is 31.2 Å². The van der Waals surface area contributed by atoms with Crippen molar-refractivity contribution in [3.05, 3.63) is 92.6 Å². The first-order chi connectivity index (χ1) is 23.1. The number of carbonyl (C=O) groups excluding carboxylic acids is 1. The van der Waals surface area contributed by atoms with Gasteiger partial charge in [0.15, 0.2) is 0 Å². The van der Waals surface area contributed by atoms with Crippen LogP contribution in [-0.4, -0.2) is 62.5 Å². The molecule has 5 aromatic rings. The van der Waals surface area contributed by atoms with Crippen LogP contribution < -0.4 is 26.2 Å². The molecule has 250 valence electrons. The molecule has 0 bridgehead atoms. The van der Waals surface area contributed by atoms with Gasteiger partial charge in [-0.05, 0) is 25.5 Å². The van der Waals surface area contributed by atoms with Crippen LogP contribution in [0.4, 0.5) is 0 Å². The third-order valence-corrected chi connectivity index (χ3v) is 9.27. The number of hydrogen-bond donors (Lipinski definition) is 4. The Labute approximate surface area is 287 Å². The van der Waals surface area contributed by atoms with Gasteiger partial charge in [-0.15, -0.1) is 0 Å². The van der Waals surface area contributed by atoms with Gasteiger partial charge in [0.1, 0.15) is 11.3 Å². The van der Waals surface area contributed by atoms with Crippen molar-refractivity contribution in [2.75, 3.05) is 20.2 Å². The number of aliphatic hydroxyl groups is 1. The van der Waals surface area contributed by atoms with E-state index in [1.54, 1.807) is 37.9 Å². The summed E-state index contributed by atoms with van der Waals surface area (Å²) in [5.41, 5.74) is 5.41. The predicted molar refractivity (Wildman–Crippen MR) is 187 cm³/mol. The zero-order chi connectivity index (χ0) is 33.9. The Bertz CT molecular complexity index is 2040. The van der Waals surface area contributed by atoms with E-state index in [2.05, 4.69) is 21.0 Å². The van der Waals surface area contributed by atoms with Crippen molar-refractivity contribution in [2.24, 2.45) is 7.05 Å². The highest BCUT2D eigenvalue weighted by molar-refractivity contribution is 6.39. The number of rotatable bonds is 12. The summed E-state index contributed by atoms with van der Waals surface area (Å²) in [5.74, 6) is 1.11. The van der Waals surface area contributed by atoms with Gasteiger partial charge in [0.2, 0.25) is 11.8 Å². The molecule has 2 unspecified atom stereocenters. The summed E-state index contributed by atoms with van der Waals surface area (Å²) >= 11 is 14.1. The lowest BCUT2D eigenvalue weighted by atomic mass is 9.97. The lowest BCUT2D eigenvalue weighted by molar-refractivity contribution is -0.119. The average molecular weight is 691 g/mol. The van der Waals surface area contributed by atoms with Crippen LogP contribution >= 0.6 is 23.2 Å². The Morgan fingerprint density at radius 2 is 1.73 bits per heavy atom. The first kappa shape index (κ1) is 33.6. The standard InChI is InChI=1S/C35H37Cl2N7O4/c1-20(45)15-38-18-30-42-44-19-22(14-29(44)35(47)43(30)2)24-6-4-7-25(32(24)36)26-8-5-9-27(33(26)37)28-12-10-21(34(41-28)48-3)16-39-17-23-11-13-31(46)40-23/h4-10,12,14,19-20,23,38-39,45H,11,13,15-18H2,1-3H3,(H,40,46). The Kier molecular flexibility index (Phi) is 10.1. The SMILES string of the molecule is COc1nc(-c2cccc(-c3cccc(-c4cc5c(=O)n(C)c(CNCC(C)O)nn5c4)c3Cl)c2Cl)ccc1CNCC1CCC(=O)N1. The van der Waals surface area contributed by atoms with E-state index in [0.717, 1.165) is 39.8 Å². The topological polar surface area (TPSA) is 135 Å². The summed E-state index contributed by atoms with van der Waals surface area (Å²) in [4.78, 5) is 29.5. The van der Waals surface area contributed by atoms with E-state index in [4.69, 9.17) is 32.9 Å². The number of amides is 1.